The zero-order valence-corrected chi connectivity index (χ0v) is 12.5. The summed E-state index contributed by atoms with van der Waals surface area (Å²) >= 11 is 0. The number of aryl methyl sites for hydroxylation is 1. The van der Waals surface area contributed by atoms with Crippen LogP contribution in [0.3, 0.4) is 0 Å². The number of halogens is 1. The van der Waals surface area contributed by atoms with Gasteiger partial charge in [0.1, 0.15) is 18.0 Å². The Morgan fingerprint density at radius 3 is 2.82 bits per heavy atom. The molecule has 3 N–H and O–H groups in total. The standard InChI is InChI=1S/C13H18FN5O3/c1-6-17-10(15-3)8-11(18-6)19(5-16-8)12-13(2,14)9(21)7(4-20)22-12/h5,7,9,12,20-21H,4H2,1-3H3,(H,15,17,18)/t7-,9-,12-,13-/m1/s1. The number of hydrogen-bond acceptors (Lipinski definition) is 7. The second kappa shape index (κ2) is 5.11. The molecule has 2 aromatic heterocycles. The molecule has 0 aliphatic carbocycles. The van der Waals surface area contributed by atoms with Crippen LogP contribution in [-0.4, -0.2) is 61.3 Å². The first-order chi connectivity index (χ1) is 10.4. The fourth-order valence-electron chi connectivity index (χ4n) is 2.73. The first-order valence-electron chi connectivity index (χ1n) is 6.92. The number of nitrogens with one attached hydrogen (secondary N) is 1. The molecule has 1 aliphatic heterocycles. The molecule has 8 nitrogen and oxygen atoms in total. The fourth-order valence-corrected chi connectivity index (χ4v) is 2.73. The first kappa shape index (κ1) is 15.1. The summed E-state index contributed by atoms with van der Waals surface area (Å²) < 4.78 is 21.8. The zero-order chi connectivity index (χ0) is 16.1. The smallest absolute Gasteiger partial charge is 0.181 e. The monoisotopic (exact) mass is 311 g/mol. The summed E-state index contributed by atoms with van der Waals surface area (Å²) in [6, 6.07) is 0. The van der Waals surface area contributed by atoms with Gasteiger partial charge in [0.2, 0.25) is 0 Å². The summed E-state index contributed by atoms with van der Waals surface area (Å²) in [5, 5.41) is 22.1. The lowest BCUT2D eigenvalue weighted by Crippen LogP contribution is -2.40. The average Bonchev–Trinajstić information content (AvgIpc) is 2.98. The minimum Gasteiger partial charge on any atom is -0.394 e. The Labute approximate surface area is 126 Å². The number of aromatic nitrogens is 4. The van der Waals surface area contributed by atoms with Gasteiger partial charge >= 0.3 is 0 Å². The van der Waals surface area contributed by atoms with E-state index in [0.717, 1.165) is 0 Å². The molecule has 3 heterocycles. The highest BCUT2D eigenvalue weighted by molar-refractivity contribution is 5.83. The molecule has 0 aromatic carbocycles. The quantitative estimate of drug-likeness (QED) is 0.741. The highest BCUT2D eigenvalue weighted by Gasteiger charge is 2.55. The Morgan fingerprint density at radius 1 is 1.50 bits per heavy atom. The fraction of sp³-hybridized carbons (Fsp3) is 0.615. The van der Waals surface area contributed by atoms with E-state index in [9.17, 15) is 14.6 Å². The van der Waals surface area contributed by atoms with E-state index in [1.165, 1.54) is 17.8 Å². The van der Waals surface area contributed by atoms with Gasteiger partial charge in [-0.2, -0.15) is 0 Å². The van der Waals surface area contributed by atoms with Crippen LogP contribution in [0.2, 0.25) is 0 Å². The molecule has 0 spiro atoms. The van der Waals surface area contributed by atoms with Crippen LogP contribution in [0.1, 0.15) is 19.0 Å². The lowest BCUT2D eigenvalue weighted by Gasteiger charge is -2.24. The average molecular weight is 311 g/mol. The van der Waals surface area contributed by atoms with Crippen LogP contribution in [0.5, 0.6) is 0 Å². The second-order valence-corrected chi connectivity index (χ2v) is 5.50. The van der Waals surface area contributed by atoms with Crippen molar-refractivity contribution in [3.05, 3.63) is 12.2 Å². The van der Waals surface area contributed by atoms with E-state index in [4.69, 9.17) is 4.74 Å². The Kier molecular flexibility index (Phi) is 3.50. The minimum atomic E-state index is -2.08. The number of aliphatic hydroxyl groups is 2. The first-order valence-corrected chi connectivity index (χ1v) is 6.92. The van der Waals surface area contributed by atoms with E-state index in [1.54, 1.807) is 14.0 Å². The number of fused-ring (bicyclic) bond motifs is 1. The van der Waals surface area contributed by atoms with Gasteiger partial charge in [0.15, 0.2) is 28.9 Å². The minimum absolute atomic E-state index is 0.400. The Balaban J connectivity index is 2.13. The van der Waals surface area contributed by atoms with Crippen molar-refractivity contribution in [2.75, 3.05) is 19.0 Å². The predicted octanol–water partition coefficient (Wildman–Crippen LogP) is 0.155. The van der Waals surface area contributed by atoms with E-state index in [-0.39, 0.29) is 0 Å². The number of nitrogens with zero attached hydrogens (tertiary/aromatic N) is 4. The van der Waals surface area contributed by atoms with Crippen LogP contribution in [0, 0.1) is 6.92 Å². The number of hydrogen-bond donors (Lipinski definition) is 3. The maximum absolute atomic E-state index is 14.9. The van der Waals surface area contributed by atoms with Crippen molar-refractivity contribution in [1.29, 1.82) is 0 Å². The van der Waals surface area contributed by atoms with E-state index in [2.05, 4.69) is 20.3 Å². The van der Waals surface area contributed by atoms with Gasteiger partial charge in [-0.25, -0.2) is 19.3 Å². The Hall–Kier alpha value is -1.84. The second-order valence-electron chi connectivity index (χ2n) is 5.50. The van der Waals surface area contributed by atoms with Crippen LogP contribution >= 0.6 is 0 Å². The van der Waals surface area contributed by atoms with Crippen LogP contribution in [0.4, 0.5) is 10.2 Å². The Bertz CT molecular complexity index is 704. The molecule has 120 valence electrons. The number of alkyl halides is 1. The summed E-state index contributed by atoms with van der Waals surface area (Å²) in [5.41, 5.74) is -1.20. The third kappa shape index (κ3) is 2.04. The lowest BCUT2D eigenvalue weighted by molar-refractivity contribution is -0.0567. The van der Waals surface area contributed by atoms with Crippen molar-refractivity contribution < 1.29 is 19.3 Å². The van der Waals surface area contributed by atoms with Crippen molar-refractivity contribution in [3.8, 4) is 0 Å². The number of imidazole rings is 1. The molecule has 3 rings (SSSR count). The van der Waals surface area contributed by atoms with E-state index < -0.39 is 30.7 Å². The summed E-state index contributed by atoms with van der Waals surface area (Å²) in [6.45, 7) is 2.48. The molecule has 22 heavy (non-hydrogen) atoms. The van der Waals surface area contributed by atoms with E-state index >= 15 is 0 Å². The van der Waals surface area contributed by atoms with Gasteiger partial charge in [0.25, 0.3) is 0 Å². The maximum atomic E-state index is 14.9. The summed E-state index contributed by atoms with van der Waals surface area (Å²) in [7, 11) is 1.71. The van der Waals surface area contributed by atoms with Crippen molar-refractivity contribution in [3.63, 3.8) is 0 Å². The normalized spacial score (nSPS) is 31.8. The third-order valence-electron chi connectivity index (χ3n) is 3.92. The molecule has 0 amide bonds. The van der Waals surface area contributed by atoms with Gasteiger partial charge in [-0.3, -0.25) is 4.57 Å². The van der Waals surface area contributed by atoms with Gasteiger partial charge in [-0.15, -0.1) is 0 Å². The molecule has 1 aliphatic rings. The largest absolute Gasteiger partial charge is 0.394 e. The molecular weight excluding hydrogens is 293 g/mol. The molecule has 2 aromatic rings. The van der Waals surface area contributed by atoms with Crippen LogP contribution in [0.15, 0.2) is 6.33 Å². The van der Waals surface area contributed by atoms with Crippen molar-refractivity contribution in [2.24, 2.45) is 0 Å². The number of anilines is 1. The SMILES string of the molecule is CNc1nc(C)nc2c1ncn2[C@@H]1O[C@H](CO)[C@@H](O)[C@@]1(C)F. The molecule has 1 fully saturated rings. The number of ether oxygens (including phenoxy) is 1. The van der Waals surface area contributed by atoms with Crippen LogP contribution in [-0.2, 0) is 4.74 Å². The third-order valence-corrected chi connectivity index (χ3v) is 3.92. The zero-order valence-electron chi connectivity index (χ0n) is 12.5. The van der Waals surface area contributed by atoms with E-state index in [1.807, 2.05) is 0 Å². The summed E-state index contributed by atoms with van der Waals surface area (Å²) in [5.74, 6) is 1.02. The Morgan fingerprint density at radius 2 is 2.23 bits per heavy atom. The van der Waals surface area contributed by atoms with Crippen LogP contribution in [0.25, 0.3) is 11.2 Å². The lowest BCUT2D eigenvalue weighted by atomic mass is 9.98. The molecule has 4 atom stereocenters. The molecule has 0 unspecified atom stereocenters. The molecule has 9 heteroatoms. The van der Waals surface area contributed by atoms with Gasteiger partial charge in [-0.05, 0) is 13.8 Å². The van der Waals surface area contributed by atoms with Crippen molar-refractivity contribution in [2.45, 2.75) is 38.0 Å². The molecular formula is C13H18FN5O3. The van der Waals surface area contributed by atoms with Crippen LogP contribution < -0.4 is 5.32 Å². The van der Waals surface area contributed by atoms with Gasteiger partial charge < -0.3 is 20.3 Å². The topological polar surface area (TPSA) is 105 Å². The van der Waals surface area contributed by atoms with Gasteiger partial charge in [0, 0.05) is 7.05 Å². The molecule has 1 saturated heterocycles. The van der Waals surface area contributed by atoms with Gasteiger partial charge in [-0.1, -0.05) is 0 Å². The van der Waals surface area contributed by atoms with Crippen molar-refractivity contribution in [1.82, 2.24) is 19.5 Å². The predicted molar refractivity (Wildman–Crippen MR) is 76.1 cm³/mol. The van der Waals surface area contributed by atoms with Crippen molar-refractivity contribution >= 4 is 17.0 Å². The summed E-state index contributed by atoms with van der Waals surface area (Å²) in [6.07, 6.45) is -2.17. The number of rotatable bonds is 3. The summed E-state index contributed by atoms with van der Waals surface area (Å²) in [4.78, 5) is 12.7. The number of aliphatic hydroxyl groups excluding tert-OH is 2. The highest BCUT2D eigenvalue weighted by atomic mass is 19.1. The van der Waals surface area contributed by atoms with Gasteiger partial charge in [0.05, 0.1) is 12.9 Å². The molecule has 0 bridgehead atoms. The van der Waals surface area contributed by atoms with E-state index in [0.29, 0.717) is 22.8 Å². The maximum Gasteiger partial charge on any atom is 0.181 e. The molecule has 0 saturated carbocycles. The highest BCUT2D eigenvalue weighted by Crippen LogP contribution is 2.42. The molecule has 0 radical (unpaired) electrons.